The number of thiocarbonyl (C=S) groups is 2. The average molecular weight is 479 g/mol. The maximum atomic E-state index is 5.77. The van der Waals surface area contributed by atoms with Gasteiger partial charge in [0, 0.05) is 0 Å². The van der Waals surface area contributed by atoms with Crippen molar-refractivity contribution in [3.8, 4) is 11.5 Å². The van der Waals surface area contributed by atoms with Crippen LogP contribution in [0.5, 0.6) is 11.5 Å². The molecular weight excluding hydrogens is 459 g/mol. The molecule has 2 radical (unpaired) electrons. The van der Waals surface area contributed by atoms with E-state index in [4.69, 9.17) is 20.3 Å². The van der Waals surface area contributed by atoms with Crippen molar-refractivity contribution in [2.24, 2.45) is 0 Å². The maximum absolute atomic E-state index is 5.77. The molecular formula is C18H20N2O2S2Sn. The zero-order chi connectivity index (χ0) is 18.9. The van der Waals surface area contributed by atoms with E-state index in [1.807, 2.05) is 24.3 Å². The number of ether oxygens (including phenoxy) is 2. The molecule has 25 heavy (non-hydrogen) atoms. The van der Waals surface area contributed by atoms with E-state index in [0.29, 0.717) is 0 Å². The molecule has 0 heterocycles. The third-order valence-corrected chi connectivity index (χ3v) is 6.73. The van der Waals surface area contributed by atoms with Crippen molar-refractivity contribution in [2.75, 3.05) is 14.2 Å². The smallest absolute Gasteiger partial charge is 0.0554 e. The summed E-state index contributed by atoms with van der Waals surface area (Å²) in [5.41, 5.74) is 2.86. The van der Waals surface area contributed by atoms with Gasteiger partial charge >= 0.3 is 125 Å². The van der Waals surface area contributed by atoms with Gasteiger partial charge in [-0.15, -0.1) is 0 Å². The van der Waals surface area contributed by atoms with Gasteiger partial charge < -0.3 is 0 Å². The van der Waals surface area contributed by atoms with Crippen molar-refractivity contribution < 1.29 is 9.47 Å². The van der Waals surface area contributed by atoms with Gasteiger partial charge in [-0.05, 0) is 24.4 Å². The molecule has 0 saturated heterocycles. The minimum Gasteiger partial charge on any atom is -0.248 e. The first kappa shape index (κ1) is 23.4. The number of methoxy groups -OCH3 is 2. The summed E-state index contributed by atoms with van der Waals surface area (Å²) in [6, 6.07) is 16.9. The van der Waals surface area contributed by atoms with E-state index in [0.717, 1.165) is 11.5 Å². The molecule has 0 amide bonds. The molecule has 2 aromatic rings. The third kappa shape index (κ3) is 11.6. The normalized spacial score (nSPS) is 8.40. The van der Waals surface area contributed by atoms with Crippen LogP contribution < -0.4 is 9.47 Å². The van der Waals surface area contributed by atoms with Gasteiger partial charge in [0.25, 0.3) is 0 Å². The van der Waals surface area contributed by atoms with Crippen LogP contribution in [0.4, 0.5) is 0 Å². The van der Waals surface area contributed by atoms with E-state index in [2.05, 4.69) is 48.7 Å². The first-order valence-electron chi connectivity index (χ1n) is 7.19. The average Bonchev–Trinajstić information content (AvgIpc) is 2.64. The second-order valence-electron chi connectivity index (χ2n) is 4.50. The minimum absolute atomic E-state index is 0.385. The molecule has 2 N–H and O–H groups in total. The van der Waals surface area contributed by atoms with Crippen molar-refractivity contribution in [2.45, 2.75) is 8.87 Å². The van der Waals surface area contributed by atoms with E-state index in [9.17, 15) is 0 Å². The number of hydrogen-bond acceptors (Lipinski definition) is 6. The van der Waals surface area contributed by atoms with Crippen molar-refractivity contribution in [1.29, 1.82) is 10.8 Å². The van der Waals surface area contributed by atoms with Gasteiger partial charge in [-0.25, -0.2) is 10.8 Å². The molecule has 4 nitrogen and oxygen atoms in total. The van der Waals surface area contributed by atoms with Gasteiger partial charge in [0.15, 0.2) is 0 Å². The van der Waals surface area contributed by atoms with Crippen LogP contribution in [0.3, 0.4) is 0 Å². The van der Waals surface area contributed by atoms with Crippen LogP contribution in [0.2, 0.25) is 0 Å². The quantitative estimate of drug-likeness (QED) is 0.365. The molecule has 0 aromatic heterocycles. The Balaban J connectivity index is 0.000000844. The summed E-state index contributed by atoms with van der Waals surface area (Å²) < 4.78 is 12.9. The Labute approximate surface area is 169 Å². The summed E-state index contributed by atoms with van der Waals surface area (Å²) in [6.07, 6.45) is 0. The van der Waals surface area contributed by atoms with Crippen LogP contribution in [0, 0.1) is 10.8 Å². The molecule has 2 aromatic carbocycles. The number of hydrogen-bond donors (Lipinski definition) is 2. The summed E-state index contributed by atoms with van der Waals surface area (Å²) >= 11 is 7.24. The van der Waals surface area contributed by atoms with Crippen LogP contribution >= 0.6 is 24.4 Å². The molecule has 0 spiro atoms. The Hall–Kier alpha value is -1.56. The van der Waals surface area contributed by atoms with Crippen molar-refractivity contribution in [3.63, 3.8) is 0 Å². The number of isothiocyanates is 2. The fourth-order valence-electron chi connectivity index (χ4n) is 1.84. The molecule has 0 aliphatic heterocycles. The van der Waals surface area contributed by atoms with E-state index in [-0.39, 0.29) is 21.1 Å². The molecule has 0 aliphatic carbocycles. The van der Waals surface area contributed by atoms with Gasteiger partial charge in [-0.2, -0.15) is 0 Å². The van der Waals surface area contributed by atoms with Crippen molar-refractivity contribution in [3.05, 3.63) is 59.7 Å². The summed E-state index contributed by atoms with van der Waals surface area (Å²) in [6.45, 7) is 0. The Morgan fingerprint density at radius 3 is 1.28 bits per heavy atom. The predicted molar refractivity (Wildman–Crippen MR) is 110 cm³/mol. The standard InChI is InChI=1S/2C8H9O.2CHNS.Sn/c2*1-7-3-5-8(9-2)6-4-7;2*2-1-3;/h2*3-6H,1H2,2H3;2*2H;. The predicted octanol–water partition coefficient (Wildman–Crippen LogP) is 4.44. The van der Waals surface area contributed by atoms with Crippen LogP contribution in [-0.4, -0.2) is 45.7 Å². The largest absolute Gasteiger partial charge is 0.248 e. The van der Waals surface area contributed by atoms with Gasteiger partial charge in [0.1, 0.15) is 0 Å². The van der Waals surface area contributed by atoms with Gasteiger partial charge in [0.05, 0.1) is 10.3 Å². The zero-order valence-electron chi connectivity index (χ0n) is 14.2. The summed E-state index contributed by atoms with van der Waals surface area (Å²) in [5.74, 6) is 1.87. The molecule has 7 heteroatoms. The van der Waals surface area contributed by atoms with E-state index in [1.54, 1.807) is 24.5 Å². The zero-order valence-corrected chi connectivity index (χ0v) is 18.7. The van der Waals surface area contributed by atoms with Gasteiger partial charge in [-0.3, -0.25) is 0 Å². The second kappa shape index (κ2) is 15.9. The first-order chi connectivity index (χ1) is 12.1. The molecule has 0 aliphatic rings. The molecule has 0 bridgehead atoms. The topological polar surface area (TPSA) is 66.2 Å². The monoisotopic (exact) mass is 480 g/mol. The molecule has 2 rings (SSSR count). The van der Waals surface area contributed by atoms with E-state index in [1.165, 1.54) is 20.0 Å². The van der Waals surface area contributed by atoms with Crippen molar-refractivity contribution in [1.82, 2.24) is 0 Å². The number of benzene rings is 2. The first-order valence-corrected chi connectivity index (χ1v) is 12.0. The molecule has 0 unspecified atom stereocenters. The van der Waals surface area contributed by atoms with Gasteiger partial charge in [-0.1, -0.05) is 0 Å². The van der Waals surface area contributed by atoms with Gasteiger partial charge in [0.2, 0.25) is 0 Å². The summed E-state index contributed by atoms with van der Waals surface area (Å²) in [4.78, 5) is 0. The van der Waals surface area contributed by atoms with Crippen LogP contribution in [0.1, 0.15) is 11.1 Å². The number of rotatable bonds is 6. The maximum Gasteiger partial charge on any atom is 0.0554 e. The third-order valence-electron chi connectivity index (χ3n) is 2.98. The Bertz CT molecular complexity index is 605. The van der Waals surface area contributed by atoms with E-state index >= 15 is 0 Å². The fraction of sp³-hybridized carbons (Fsp3) is 0.222. The van der Waals surface area contributed by atoms with E-state index < -0.39 is 0 Å². The Morgan fingerprint density at radius 1 is 0.760 bits per heavy atom. The molecule has 130 valence electrons. The van der Waals surface area contributed by atoms with Crippen molar-refractivity contribution >= 4 is 55.9 Å². The SMILES string of the molecule is COc1ccc([CH2][Sn][CH2]c2ccc(OC)cc2)cc1.N=C=S.N=C=S. The molecule has 0 saturated carbocycles. The van der Waals surface area contributed by atoms with Crippen LogP contribution in [0.15, 0.2) is 48.5 Å². The van der Waals surface area contributed by atoms with Crippen LogP contribution in [-0.2, 0) is 8.87 Å². The summed E-state index contributed by atoms with van der Waals surface area (Å²) in [7, 11) is 3.41. The Morgan fingerprint density at radius 2 is 1.04 bits per heavy atom. The second-order valence-corrected chi connectivity index (χ2v) is 8.36. The fourth-order valence-corrected chi connectivity index (χ4v) is 5.19. The minimum atomic E-state index is -0.385. The molecule has 0 fully saturated rings. The summed E-state index contributed by atoms with van der Waals surface area (Å²) in [5, 5.41) is 14.7. The Kier molecular flexibility index (Phi) is 14.9. The van der Waals surface area contributed by atoms with Crippen LogP contribution in [0.25, 0.3) is 0 Å². The molecule has 0 atom stereocenters. The number of nitrogens with one attached hydrogen (secondary N) is 2.